The first kappa shape index (κ1) is 21.2. The van der Waals surface area contributed by atoms with E-state index in [4.69, 9.17) is 4.74 Å². The van der Waals surface area contributed by atoms with E-state index in [0.717, 1.165) is 35.6 Å². The molecule has 7 heteroatoms. The first-order valence-corrected chi connectivity index (χ1v) is 11.4. The van der Waals surface area contributed by atoms with Gasteiger partial charge in [0, 0.05) is 6.04 Å². The van der Waals surface area contributed by atoms with Gasteiger partial charge in [-0.1, -0.05) is 43.5 Å². The lowest BCUT2D eigenvalue weighted by atomic mass is 9.95. The van der Waals surface area contributed by atoms with E-state index in [0.29, 0.717) is 11.4 Å². The van der Waals surface area contributed by atoms with Crippen molar-refractivity contribution >= 4 is 21.6 Å². The van der Waals surface area contributed by atoms with Gasteiger partial charge in [-0.3, -0.25) is 9.10 Å². The smallest absolute Gasteiger partial charge is 0.264 e. The molecule has 6 nitrogen and oxygen atoms in total. The Morgan fingerprint density at radius 1 is 1.10 bits per heavy atom. The van der Waals surface area contributed by atoms with Crippen LogP contribution in [0.3, 0.4) is 0 Å². The maximum atomic E-state index is 13.4. The molecule has 1 aliphatic rings. The zero-order valence-electron chi connectivity index (χ0n) is 16.9. The molecular weight excluding hydrogens is 388 g/mol. The van der Waals surface area contributed by atoms with Crippen molar-refractivity contribution in [1.82, 2.24) is 5.32 Å². The normalized spacial score (nSPS) is 15.0. The average Bonchev–Trinajstić information content (AvgIpc) is 2.73. The van der Waals surface area contributed by atoms with Gasteiger partial charge in [-0.25, -0.2) is 8.42 Å². The van der Waals surface area contributed by atoms with Gasteiger partial charge in [0.2, 0.25) is 5.91 Å². The molecule has 29 heavy (non-hydrogen) atoms. The summed E-state index contributed by atoms with van der Waals surface area (Å²) in [7, 11) is -2.46. The fourth-order valence-electron chi connectivity index (χ4n) is 3.66. The number of sulfonamides is 1. The number of hydrogen-bond acceptors (Lipinski definition) is 4. The molecule has 1 aliphatic carbocycles. The van der Waals surface area contributed by atoms with Gasteiger partial charge >= 0.3 is 0 Å². The Kier molecular flexibility index (Phi) is 6.79. The lowest BCUT2D eigenvalue weighted by molar-refractivity contribution is -0.120. The van der Waals surface area contributed by atoms with Crippen molar-refractivity contribution in [1.29, 1.82) is 0 Å². The van der Waals surface area contributed by atoms with E-state index in [1.165, 1.54) is 25.7 Å². The number of hydrogen-bond donors (Lipinski definition) is 1. The van der Waals surface area contributed by atoms with Crippen LogP contribution < -0.4 is 14.4 Å². The topological polar surface area (TPSA) is 75.7 Å². The second kappa shape index (κ2) is 9.31. The quantitative estimate of drug-likeness (QED) is 0.748. The molecule has 1 fully saturated rings. The minimum atomic E-state index is -3.95. The van der Waals surface area contributed by atoms with Crippen LogP contribution in [0.25, 0.3) is 0 Å². The van der Waals surface area contributed by atoms with Crippen LogP contribution >= 0.6 is 0 Å². The molecule has 2 aromatic carbocycles. The third-order valence-corrected chi connectivity index (χ3v) is 6.97. The molecule has 0 heterocycles. The number of carbonyl (C=O) groups is 1. The Balaban J connectivity index is 1.96. The van der Waals surface area contributed by atoms with E-state index in [2.05, 4.69) is 5.32 Å². The van der Waals surface area contributed by atoms with Gasteiger partial charge in [-0.2, -0.15) is 0 Å². The van der Waals surface area contributed by atoms with Crippen molar-refractivity contribution in [2.45, 2.75) is 50.0 Å². The lowest BCUT2D eigenvalue weighted by Crippen LogP contribution is -2.45. The van der Waals surface area contributed by atoms with Crippen molar-refractivity contribution in [3.8, 4) is 5.75 Å². The molecule has 0 radical (unpaired) electrons. The maximum absolute atomic E-state index is 13.4. The van der Waals surface area contributed by atoms with Crippen LogP contribution in [0.4, 0.5) is 5.69 Å². The predicted octanol–water partition coefficient (Wildman–Crippen LogP) is 3.65. The number of amides is 1. The fraction of sp³-hybridized carbons (Fsp3) is 0.409. The van der Waals surface area contributed by atoms with Gasteiger partial charge in [-0.15, -0.1) is 0 Å². The molecule has 0 bridgehead atoms. The van der Waals surface area contributed by atoms with E-state index >= 15 is 0 Å². The average molecular weight is 417 g/mol. The van der Waals surface area contributed by atoms with Gasteiger partial charge in [0.1, 0.15) is 12.3 Å². The summed E-state index contributed by atoms with van der Waals surface area (Å²) in [5.41, 5.74) is 1.23. The molecule has 1 N–H and O–H groups in total. The van der Waals surface area contributed by atoms with E-state index in [1.54, 1.807) is 30.3 Å². The van der Waals surface area contributed by atoms with Crippen molar-refractivity contribution in [2.24, 2.45) is 0 Å². The summed E-state index contributed by atoms with van der Waals surface area (Å²) in [4.78, 5) is 12.9. The molecule has 3 rings (SSSR count). The third-order valence-electron chi connectivity index (χ3n) is 5.19. The predicted molar refractivity (Wildman–Crippen MR) is 114 cm³/mol. The highest BCUT2D eigenvalue weighted by Crippen LogP contribution is 2.33. The van der Waals surface area contributed by atoms with Crippen LogP contribution in [0.1, 0.15) is 37.7 Å². The lowest BCUT2D eigenvalue weighted by Gasteiger charge is -2.28. The van der Waals surface area contributed by atoms with Crippen molar-refractivity contribution in [2.75, 3.05) is 18.0 Å². The Labute approximate surface area is 172 Å². The number of anilines is 1. The highest BCUT2D eigenvalue weighted by atomic mass is 32.2. The number of ether oxygens (including phenoxy) is 1. The highest BCUT2D eigenvalue weighted by molar-refractivity contribution is 7.92. The highest BCUT2D eigenvalue weighted by Gasteiger charge is 2.30. The second-order valence-electron chi connectivity index (χ2n) is 7.40. The number of methoxy groups -OCH3 is 1. The number of carbonyl (C=O) groups excluding carboxylic acids is 1. The molecule has 0 aliphatic heterocycles. The van der Waals surface area contributed by atoms with Gasteiger partial charge in [-0.05, 0) is 49.6 Å². The summed E-state index contributed by atoms with van der Waals surface area (Å²) in [5, 5.41) is 3.01. The fourth-order valence-corrected chi connectivity index (χ4v) is 5.11. The first-order valence-electron chi connectivity index (χ1n) is 9.93. The van der Waals surface area contributed by atoms with Gasteiger partial charge in [0.05, 0.1) is 17.7 Å². The number of nitrogens with zero attached hydrogens (tertiary/aromatic N) is 1. The number of nitrogens with one attached hydrogen (secondary N) is 1. The SMILES string of the molecule is COc1ccc(C)cc1N(CC(=O)NC1CCCCC1)S(=O)(=O)c1ccccc1. The van der Waals surface area contributed by atoms with Crippen LogP contribution in [0.5, 0.6) is 5.75 Å². The summed E-state index contributed by atoms with van der Waals surface area (Å²) in [5.74, 6) is 0.0977. The van der Waals surface area contributed by atoms with Crippen LogP contribution in [0.15, 0.2) is 53.4 Å². The Morgan fingerprint density at radius 2 is 1.79 bits per heavy atom. The molecule has 156 valence electrons. The second-order valence-corrected chi connectivity index (χ2v) is 9.26. The Hall–Kier alpha value is -2.54. The monoisotopic (exact) mass is 416 g/mol. The first-order chi connectivity index (χ1) is 13.9. The number of benzene rings is 2. The van der Waals surface area contributed by atoms with E-state index in [-0.39, 0.29) is 23.4 Å². The largest absolute Gasteiger partial charge is 0.495 e. The van der Waals surface area contributed by atoms with Crippen molar-refractivity contribution < 1.29 is 17.9 Å². The van der Waals surface area contributed by atoms with Crippen LogP contribution in [0.2, 0.25) is 0 Å². The molecule has 0 saturated heterocycles. The standard InChI is InChI=1S/C22H28N2O4S/c1-17-13-14-21(28-2)20(15-17)24(29(26,27)19-11-7-4-8-12-19)16-22(25)23-18-9-5-3-6-10-18/h4,7-8,11-15,18H,3,5-6,9-10,16H2,1-2H3,(H,23,25). The van der Waals surface area contributed by atoms with Crippen LogP contribution in [0, 0.1) is 6.92 Å². The zero-order chi connectivity index (χ0) is 20.9. The molecule has 0 spiro atoms. The Bertz CT molecular complexity index is 939. The van der Waals surface area contributed by atoms with E-state index in [1.807, 2.05) is 13.0 Å². The molecular formula is C22H28N2O4S. The molecule has 1 saturated carbocycles. The summed E-state index contributed by atoms with van der Waals surface area (Å²) in [6.07, 6.45) is 5.22. The summed E-state index contributed by atoms with van der Waals surface area (Å²) >= 11 is 0. The van der Waals surface area contributed by atoms with Crippen molar-refractivity contribution in [3.05, 3.63) is 54.1 Å². The number of aryl methyl sites for hydroxylation is 1. The molecule has 1 amide bonds. The molecule has 0 aromatic heterocycles. The third kappa shape index (κ3) is 5.09. The zero-order valence-corrected chi connectivity index (χ0v) is 17.7. The molecule has 0 atom stereocenters. The van der Waals surface area contributed by atoms with Crippen molar-refractivity contribution in [3.63, 3.8) is 0 Å². The molecule has 0 unspecified atom stereocenters. The Morgan fingerprint density at radius 3 is 2.45 bits per heavy atom. The van der Waals surface area contributed by atoms with Gasteiger partial charge in [0.25, 0.3) is 10.0 Å². The summed E-state index contributed by atoms with van der Waals surface area (Å²) in [6.45, 7) is 1.58. The summed E-state index contributed by atoms with van der Waals surface area (Å²) < 4.78 is 33.4. The number of rotatable bonds is 7. The van der Waals surface area contributed by atoms with Crippen LogP contribution in [-0.4, -0.2) is 34.0 Å². The van der Waals surface area contributed by atoms with Gasteiger partial charge in [0.15, 0.2) is 0 Å². The van der Waals surface area contributed by atoms with E-state index in [9.17, 15) is 13.2 Å². The maximum Gasteiger partial charge on any atom is 0.264 e. The molecule has 2 aromatic rings. The van der Waals surface area contributed by atoms with E-state index < -0.39 is 10.0 Å². The minimum Gasteiger partial charge on any atom is -0.495 e. The van der Waals surface area contributed by atoms with Gasteiger partial charge < -0.3 is 10.1 Å². The van der Waals surface area contributed by atoms with Crippen LogP contribution in [-0.2, 0) is 14.8 Å². The summed E-state index contributed by atoms with van der Waals surface area (Å²) in [6, 6.07) is 13.6. The minimum absolute atomic E-state index is 0.108.